The number of thioether (sulfide) groups is 1. The van der Waals surface area contributed by atoms with Crippen molar-refractivity contribution >= 4 is 29.7 Å². The Morgan fingerprint density at radius 2 is 2.10 bits per heavy atom. The molecule has 3 rings (SSSR count). The van der Waals surface area contributed by atoms with Crippen LogP contribution >= 0.6 is 11.8 Å². The summed E-state index contributed by atoms with van der Waals surface area (Å²) in [6.45, 7) is 0. The van der Waals surface area contributed by atoms with Crippen molar-refractivity contribution in [2.24, 2.45) is 5.10 Å². The number of Topliss-reactive ketones (excluding diaryl/α,β-unsaturated/α-hetero) is 1. The van der Waals surface area contributed by atoms with Crippen molar-refractivity contribution < 1.29 is 19.4 Å². The Kier molecular flexibility index (Phi) is 6.75. The highest BCUT2D eigenvalue weighted by molar-refractivity contribution is 7.99. The van der Waals surface area contributed by atoms with Crippen LogP contribution < -0.4 is 20.7 Å². The second-order valence-corrected chi connectivity index (χ2v) is 6.86. The second-order valence-electron chi connectivity index (χ2n) is 5.92. The molecule has 3 aromatic rings. The van der Waals surface area contributed by atoms with Gasteiger partial charge in [0, 0.05) is 5.56 Å². The van der Waals surface area contributed by atoms with Crippen LogP contribution in [0.15, 0.2) is 52.7 Å². The maximum absolute atomic E-state index is 12.4. The summed E-state index contributed by atoms with van der Waals surface area (Å²) in [5.41, 5.74) is 3.85. The van der Waals surface area contributed by atoms with E-state index in [0.29, 0.717) is 27.8 Å². The number of ketones is 1. The molecule has 30 heavy (non-hydrogen) atoms. The number of anilines is 1. The molecule has 10 nitrogen and oxygen atoms in total. The van der Waals surface area contributed by atoms with Crippen molar-refractivity contribution in [2.75, 3.05) is 31.2 Å². The van der Waals surface area contributed by atoms with Crippen LogP contribution in [0, 0.1) is 0 Å². The molecule has 156 valence electrons. The Morgan fingerprint density at radius 3 is 2.83 bits per heavy atom. The third-order valence-corrected chi connectivity index (χ3v) is 4.91. The fourth-order valence-corrected chi connectivity index (χ4v) is 3.16. The molecule has 0 unspecified atom stereocenters. The Balaban J connectivity index is 1.59. The van der Waals surface area contributed by atoms with E-state index in [1.54, 1.807) is 43.5 Å². The van der Waals surface area contributed by atoms with Gasteiger partial charge in [0.2, 0.25) is 5.16 Å². The van der Waals surface area contributed by atoms with Gasteiger partial charge >= 0.3 is 0 Å². The number of hydrogen-bond acceptors (Lipinski definition) is 10. The molecule has 0 fully saturated rings. The highest BCUT2D eigenvalue weighted by Crippen LogP contribution is 2.25. The Morgan fingerprint density at radius 1 is 1.27 bits per heavy atom. The quantitative estimate of drug-likeness (QED) is 0.154. The van der Waals surface area contributed by atoms with Gasteiger partial charge in [-0.05, 0) is 35.9 Å². The predicted molar refractivity (Wildman–Crippen MR) is 114 cm³/mol. The van der Waals surface area contributed by atoms with Crippen LogP contribution in [0.1, 0.15) is 15.9 Å². The van der Waals surface area contributed by atoms with Crippen molar-refractivity contribution in [3.63, 3.8) is 0 Å². The summed E-state index contributed by atoms with van der Waals surface area (Å²) in [5.74, 6) is 7.19. The van der Waals surface area contributed by atoms with Gasteiger partial charge in [-0.1, -0.05) is 23.9 Å². The number of benzene rings is 2. The normalized spacial score (nSPS) is 10.9. The first-order valence-electron chi connectivity index (χ1n) is 8.68. The third kappa shape index (κ3) is 5.00. The number of nitrogen functional groups attached to an aromatic ring is 1. The first-order chi connectivity index (χ1) is 14.5. The maximum atomic E-state index is 12.4. The zero-order chi connectivity index (χ0) is 21.5. The minimum Gasteiger partial charge on any atom is -0.504 e. The van der Waals surface area contributed by atoms with Crippen LogP contribution in [0.4, 0.5) is 5.95 Å². The summed E-state index contributed by atoms with van der Waals surface area (Å²) in [7, 11) is 3.02. The van der Waals surface area contributed by atoms with E-state index in [-0.39, 0.29) is 23.2 Å². The minimum atomic E-state index is -0.0891. The molecule has 1 aromatic heterocycles. The third-order valence-electron chi connectivity index (χ3n) is 3.97. The number of aromatic nitrogens is 3. The van der Waals surface area contributed by atoms with Gasteiger partial charge in [0.15, 0.2) is 17.3 Å². The van der Waals surface area contributed by atoms with Crippen molar-refractivity contribution in [2.45, 2.75) is 5.16 Å². The Labute approximate surface area is 176 Å². The molecule has 0 amide bonds. The zero-order valence-corrected chi connectivity index (χ0v) is 17.1. The number of methoxy groups -OCH3 is 2. The molecule has 4 N–H and O–H groups in total. The molecule has 0 saturated carbocycles. The lowest BCUT2D eigenvalue weighted by molar-refractivity contribution is 0.102. The fraction of sp³-hybridized carbons (Fsp3) is 0.158. The van der Waals surface area contributed by atoms with Crippen LogP contribution in [-0.4, -0.2) is 52.0 Å². The van der Waals surface area contributed by atoms with Crippen molar-refractivity contribution in [1.82, 2.24) is 14.9 Å². The van der Waals surface area contributed by atoms with Crippen LogP contribution in [0.5, 0.6) is 17.2 Å². The zero-order valence-electron chi connectivity index (χ0n) is 16.3. The molecule has 0 saturated heterocycles. The highest BCUT2D eigenvalue weighted by atomic mass is 32.2. The molecule has 0 atom stereocenters. The fourth-order valence-electron chi connectivity index (χ4n) is 2.41. The molecule has 2 aromatic carbocycles. The monoisotopic (exact) mass is 428 g/mol. The molecular formula is C19H20N6O4S. The van der Waals surface area contributed by atoms with E-state index in [2.05, 4.69) is 20.7 Å². The van der Waals surface area contributed by atoms with E-state index in [1.165, 1.54) is 24.1 Å². The smallest absolute Gasteiger partial charge is 0.264 e. The number of ether oxygens (including phenoxy) is 2. The van der Waals surface area contributed by atoms with E-state index < -0.39 is 0 Å². The van der Waals surface area contributed by atoms with Crippen LogP contribution in [0.25, 0.3) is 0 Å². The molecule has 0 radical (unpaired) electrons. The molecular weight excluding hydrogens is 408 g/mol. The summed E-state index contributed by atoms with van der Waals surface area (Å²) in [6, 6.07) is 11.8. The summed E-state index contributed by atoms with van der Waals surface area (Å²) in [6.07, 6.45) is 1.48. The van der Waals surface area contributed by atoms with Gasteiger partial charge in [0.05, 0.1) is 26.2 Å². The van der Waals surface area contributed by atoms with E-state index in [0.717, 1.165) is 11.8 Å². The first-order valence-corrected chi connectivity index (χ1v) is 9.67. The summed E-state index contributed by atoms with van der Waals surface area (Å²) in [4.78, 5) is 12.4. The SMILES string of the molecule is COc1cccc(C(=O)CSc2nnc(N/N=C/c3ccc(OC)c(O)c3)n2N)c1. The number of nitrogens with two attached hydrogens (primary N) is 1. The topological polar surface area (TPSA) is 137 Å². The maximum Gasteiger partial charge on any atom is 0.264 e. The van der Waals surface area contributed by atoms with E-state index in [4.69, 9.17) is 15.3 Å². The molecule has 1 heterocycles. The average molecular weight is 428 g/mol. The average Bonchev–Trinajstić information content (AvgIpc) is 3.11. The second kappa shape index (κ2) is 9.65. The lowest BCUT2D eigenvalue weighted by Gasteiger charge is -2.05. The van der Waals surface area contributed by atoms with E-state index >= 15 is 0 Å². The Bertz CT molecular complexity index is 1070. The lowest BCUT2D eigenvalue weighted by Crippen LogP contribution is -2.14. The Hall–Kier alpha value is -3.73. The van der Waals surface area contributed by atoms with Crippen LogP contribution in [0.3, 0.4) is 0 Å². The number of nitrogens with one attached hydrogen (secondary N) is 1. The number of carbonyl (C=O) groups is 1. The number of phenolic OH excluding ortho intramolecular Hbond substituents is 1. The standard InChI is InChI=1S/C19H20N6O4S/c1-28-14-5-3-4-13(9-14)16(27)11-30-19-24-23-18(25(19)20)22-21-10-12-6-7-17(29-2)15(26)8-12/h3-10,26H,11,20H2,1-2H3,(H,22,23)/b21-10+. The number of aromatic hydroxyl groups is 1. The number of hydrogen-bond donors (Lipinski definition) is 3. The van der Waals surface area contributed by atoms with Gasteiger partial charge < -0.3 is 20.4 Å². The molecule has 0 aliphatic carbocycles. The van der Waals surface area contributed by atoms with Gasteiger partial charge in [-0.3, -0.25) is 4.79 Å². The van der Waals surface area contributed by atoms with E-state index in [9.17, 15) is 9.90 Å². The first kappa shape index (κ1) is 21.0. The predicted octanol–water partition coefficient (Wildman–Crippen LogP) is 2.14. The van der Waals surface area contributed by atoms with Gasteiger partial charge in [-0.15, -0.1) is 10.2 Å². The minimum absolute atomic E-state index is 0.00262. The largest absolute Gasteiger partial charge is 0.504 e. The van der Waals surface area contributed by atoms with E-state index in [1.807, 2.05) is 0 Å². The molecule has 11 heteroatoms. The van der Waals surface area contributed by atoms with Crippen molar-refractivity contribution in [3.8, 4) is 17.2 Å². The van der Waals surface area contributed by atoms with Gasteiger partial charge in [0.25, 0.3) is 5.95 Å². The van der Waals surface area contributed by atoms with Gasteiger partial charge in [-0.2, -0.15) is 5.10 Å². The number of rotatable bonds is 9. The number of carbonyl (C=O) groups excluding carboxylic acids is 1. The summed E-state index contributed by atoms with van der Waals surface area (Å²) in [5, 5.41) is 22.0. The van der Waals surface area contributed by atoms with Crippen LogP contribution in [-0.2, 0) is 0 Å². The van der Waals surface area contributed by atoms with Gasteiger partial charge in [-0.25, -0.2) is 10.1 Å². The van der Waals surface area contributed by atoms with Crippen LogP contribution in [0.2, 0.25) is 0 Å². The molecule has 0 spiro atoms. The molecule has 0 aliphatic rings. The number of nitrogens with zero attached hydrogens (tertiary/aromatic N) is 4. The summed E-state index contributed by atoms with van der Waals surface area (Å²) >= 11 is 1.16. The number of hydrazone groups is 1. The number of phenols is 1. The molecule has 0 bridgehead atoms. The lowest BCUT2D eigenvalue weighted by atomic mass is 10.1. The molecule has 0 aliphatic heterocycles. The van der Waals surface area contributed by atoms with Gasteiger partial charge in [0.1, 0.15) is 5.75 Å². The van der Waals surface area contributed by atoms with Crippen molar-refractivity contribution in [1.29, 1.82) is 0 Å². The summed E-state index contributed by atoms with van der Waals surface area (Å²) < 4.78 is 11.3. The van der Waals surface area contributed by atoms with Crippen molar-refractivity contribution in [3.05, 3.63) is 53.6 Å². The highest BCUT2D eigenvalue weighted by Gasteiger charge is 2.13.